The first-order valence-electron chi connectivity index (χ1n) is 6.76. The van der Waals surface area contributed by atoms with Gasteiger partial charge < -0.3 is 5.11 Å². The second kappa shape index (κ2) is 5.51. The SMILES string of the molecule is CC(O)c1cnc2c(ccn2S(=O)(=O)Cc2ccccc2)n1. The summed E-state index contributed by atoms with van der Waals surface area (Å²) in [5.41, 5.74) is 1.82. The van der Waals surface area contributed by atoms with Gasteiger partial charge in [-0.25, -0.2) is 22.4 Å². The Morgan fingerprint density at radius 1 is 1.23 bits per heavy atom. The van der Waals surface area contributed by atoms with Gasteiger partial charge in [-0.15, -0.1) is 0 Å². The third-order valence-electron chi connectivity index (χ3n) is 3.29. The summed E-state index contributed by atoms with van der Waals surface area (Å²) in [7, 11) is -3.58. The van der Waals surface area contributed by atoms with E-state index in [1.54, 1.807) is 37.3 Å². The predicted octanol–water partition coefficient (Wildman–Crippen LogP) is 1.86. The third-order valence-corrected chi connectivity index (χ3v) is 4.89. The molecule has 114 valence electrons. The number of fused-ring (bicyclic) bond motifs is 1. The van der Waals surface area contributed by atoms with Crippen molar-refractivity contribution in [3.8, 4) is 0 Å². The molecule has 7 heteroatoms. The summed E-state index contributed by atoms with van der Waals surface area (Å²) in [6.07, 6.45) is 2.08. The summed E-state index contributed by atoms with van der Waals surface area (Å²) in [5, 5.41) is 9.52. The standard InChI is InChI=1S/C15H15N3O3S/c1-11(19)14-9-16-15-13(17-14)7-8-18(15)22(20,21)10-12-5-3-2-4-6-12/h2-9,11,19H,10H2,1H3. The summed E-state index contributed by atoms with van der Waals surface area (Å²) in [6, 6.07) is 10.5. The van der Waals surface area contributed by atoms with Gasteiger partial charge in [0.15, 0.2) is 5.65 Å². The Balaban J connectivity index is 2.02. The molecule has 0 bridgehead atoms. The van der Waals surface area contributed by atoms with Crippen molar-refractivity contribution in [1.82, 2.24) is 13.9 Å². The first kappa shape index (κ1) is 14.7. The van der Waals surface area contributed by atoms with Crippen LogP contribution in [0, 0.1) is 0 Å². The van der Waals surface area contributed by atoms with Crippen LogP contribution in [0.1, 0.15) is 24.3 Å². The lowest BCUT2D eigenvalue weighted by Crippen LogP contribution is -2.14. The van der Waals surface area contributed by atoms with E-state index in [-0.39, 0.29) is 11.4 Å². The van der Waals surface area contributed by atoms with E-state index in [0.29, 0.717) is 16.8 Å². The van der Waals surface area contributed by atoms with E-state index in [4.69, 9.17) is 0 Å². The van der Waals surface area contributed by atoms with Crippen molar-refractivity contribution in [2.75, 3.05) is 0 Å². The van der Waals surface area contributed by atoms with E-state index < -0.39 is 16.1 Å². The largest absolute Gasteiger partial charge is 0.387 e. The minimum Gasteiger partial charge on any atom is -0.387 e. The van der Waals surface area contributed by atoms with Crippen molar-refractivity contribution >= 4 is 21.2 Å². The highest BCUT2D eigenvalue weighted by atomic mass is 32.2. The molecule has 1 N–H and O–H groups in total. The Kier molecular flexibility index (Phi) is 3.67. The van der Waals surface area contributed by atoms with Gasteiger partial charge in [-0.2, -0.15) is 0 Å². The van der Waals surface area contributed by atoms with Crippen LogP contribution in [0.25, 0.3) is 11.2 Å². The molecule has 3 aromatic rings. The normalized spacial score (nSPS) is 13.4. The first-order valence-corrected chi connectivity index (χ1v) is 8.37. The fourth-order valence-corrected chi connectivity index (χ4v) is 3.59. The zero-order valence-corrected chi connectivity index (χ0v) is 12.7. The Labute approximate surface area is 128 Å². The number of aliphatic hydroxyl groups is 1. The minimum absolute atomic E-state index is 0.114. The summed E-state index contributed by atoms with van der Waals surface area (Å²) in [5.74, 6) is -0.114. The maximum Gasteiger partial charge on any atom is 0.244 e. The van der Waals surface area contributed by atoms with Crippen LogP contribution in [0.5, 0.6) is 0 Å². The maximum absolute atomic E-state index is 12.5. The van der Waals surface area contributed by atoms with Crippen LogP contribution in [-0.4, -0.2) is 27.5 Å². The van der Waals surface area contributed by atoms with Crippen LogP contribution in [0.4, 0.5) is 0 Å². The summed E-state index contributed by atoms with van der Waals surface area (Å²) in [6.45, 7) is 1.58. The van der Waals surface area contributed by atoms with E-state index in [9.17, 15) is 13.5 Å². The summed E-state index contributed by atoms with van der Waals surface area (Å²) in [4.78, 5) is 8.35. The number of hydrogen-bond donors (Lipinski definition) is 1. The van der Waals surface area contributed by atoms with E-state index in [0.717, 1.165) is 3.97 Å². The molecule has 6 nitrogen and oxygen atoms in total. The molecule has 1 aromatic carbocycles. The van der Waals surface area contributed by atoms with Gasteiger partial charge in [0.05, 0.1) is 23.7 Å². The Morgan fingerprint density at radius 3 is 2.64 bits per heavy atom. The van der Waals surface area contributed by atoms with Crippen molar-refractivity contribution in [3.05, 3.63) is 60.0 Å². The van der Waals surface area contributed by atoms with Crippen LogP contribution in [0.15, 0.2) is 48.8 Å². The minimum atomic E-state index is -3.58. The second-order valence-corrected chi connectivity index (χ2v) is 6.88. The quantitative estimate of drug-likeness (QED) is 0.794. The number of aliphatic hydroxyl groups excluding tert-OH is 1. The smallest absolute Gasteiger partial charge is 0.244 e. The van der Waals surface area contributed by atoms with Gasteiger partial charge in [0.1, 0.15) is 5.52 Å². The molecule has 0 saturated carbocycles. The van der Waals surface area contributed by atoms with Gasteiger partial charge >= 0.3 is 0 Å². The summed E-state index contributed by atoms with van der Waals surface area (Å²) >= 11 is 0. The maximum atomic E-state index is 12.5. The van der Waals surface area contributed by atoms with Crippen LogP contribution in [-0.2, 0) is 15.8 Å². The van der Waals surface area contributed by atoms with Gasteiger partial charge in [0.2, 0.25) is 10.0 Å². The molecule has 1 atom stereocenters. The molecule has 2 aromatic heterocycles. The van der Waals surface area contributed by atoms with Crippen molar-refractivity contribution in [3.63, 3.8) is 0 Å². The highest BCUT2D eigenvalue weighted by molar-refractivity contribution is 7.89. The first-order chi connectivity index (χ1) is 10.5. The molecule has 3 rings (SSSR count). The van der Waals surface area contributed by atoms with Crippen LogP contribution in [0.3, 0.4) is 0 Å². The lowest BCUT2D eigenvalue weighted by Gasteiger charge is -2.07. The molecule has 22 heavy (non-hydrogen) atoms. The topological polar surface area (TPSA) is 85.1 Å². The van der Waals surface area contributed by atoms with Gasteiger partial charge in [-0.1, -0.05) is 30.3 Å². The van der Waals surface area contributed by atoms with Crippen molar-refractivity contribution in [2.24, 2.45) is 0 Å². The molecule has 0 fully saturated rings. The second-order valence-electron chi connectivity index (χ2n) is 5.03. The number of rotatable bonds is 4. The predicted molar refractivity (Wildman–Crippen MR) is 82.6 cm³/mol. The zero-order chi connectivity index (χ0) is 15.7. The average Bonchev–Trinajstić information content (AvgIpc) is 2.91. The van der Waals surface area contributed by atoms with E-state index in [1.807, 2.05) is 6.07 Å². The average molecular weight is 317 g/mol. The highest BCUT2D eigenvalue weighted by Gasteiger charge is 2.18. The van der Waals surface area contributed by atoms with E-state index >= 15 is 0 Å². The molecule has 0 aliphatic rings. The Morgan fingerprint density at radius 2 is 1.95 bits per heavy atom. The molecule has 0 radical (unpaired) electrons. The molecule has 0 spiro atoms. The fourth-order valence-electron chi connectivity index (χ4n) is 2.18. The number of nitrogens with zero attached hydrogens (tertiary/aromatic N) is 3. The highest BCUT2D eigenvalue weighted by Crippen LogP contribution is 2.18. The lowest BCUT2D eigenvalue weighted by atomic mass is 10.2. The van der Waals surface area contributed by atoms with Gasteiger partial charge in [0.25, 0.3) is 0 Å². The van der Waals surface area contributed by atoms with E-state index in [1.165, 1.54) is 12.4 Å². The van der Waals surface area contributed by atoms with Crippen LogP contribution in [0.2, 0.25) is 0 Å². The molecular formula is C15H15N3O3S. The number of hydrogen-bond acceptors (Lipinski definition) is 5. The Bertz CT molecular complexity index is 902. The third kappa shape index (κ3) is 2.72. The van der Waals surface area contributed by atoms with E-state index in [2.05, 4.69) is 9.97 Å². The molecule has 0 saturated heterocycles. The zero-order valence-electron chi connectivity index (χ0n) is 11.9. The van der Waals surface area contributed by atoms with Gasteiger partial charge in [-0.3, -0.25) is 0 Å². The summed E-state index contributed by atoms with van der Waals surface area (Å²) < 4.78 is 26.2. The molecule has 0 amide bonds. The monoisotopic (exact) mass is 317 g/mol. The lowest BCUT2D eigenvalue weighted by molar-refractivity contribution is 0.194. The van der Waals surface area contributed by atoms with Gasteiger partial charge in [-0.05, 0) is 18.6 Å². The van der Waals surface area contributed by atoms with Crippen molar-refractivity contribution < 1.29 is 13.5 Å². The van der Waals surface area contributed by atoms with Crippen molar-refractivity contribution in [2.45, 2.75) is 18.8 Å². The molecule has 0 aliphatic carbocycles. The Hall–Kier alpha value is -2.25. The van der Waals surface area contributed by atoms with Crippen molar-refractivity contribution in [1.29, 1.82) is 0 Å². The van der Waals surface area contributed by atoms with Crippen LogP contribution < -0.4 is 0 Å². The van der Waals surface area contributed by atoms with Crippen LogP contribution >= 0.6 is 0 Å². The molecule has 0 aliphatic heterocycles. The molecule has 2 heterocycles. The molecule has 1 unspecified atom stereocenters. The molecular weight excluding hydrogens is 302 g/mol. The fraction of sp³-hybridized carbons (Fsp3) is 0.200. The van der Waals surface area contributed by atoms with Gasteiger partial charge in [0, 0.05) is 6.20 Å². The number of aromatic nitrogens is 3. The number of benzene rings is 1.